The number of methoxy groups -OCH3 is 1. The molecular weight excluding hydrogens is 346 g/mol. The second-order valence-corrected chi connectivity index (χ2v) is 6.09. The number of nitrogens with one attached hydrogen (secondary N) is 2. The van der Waals surface area contributed by atoms with Gasteiger partial charge in [0.1, 0.15) is 0 Å². The molecule has 0 radical (unpaired) electrons. The van der Waals surface area contributed by atoms with E-state index in [9.17, 15) is 14.7 Å². The van der Waals surface area contributed by atoms with E-state index < -0.39 is 0 Å². The number of benzene rings is 2. The average molecular weight is 369 g/mol. The fraction of sp³-hybridized carbons (Fsp3) is 0.250. The molecule has 0 atom stereocenters. The molecule has 2 rings (SSSR count). The normalized spacial score (nSPS) is 10.6. The van der Waals surface area contributed by atoms with E-state index >= 15 is 0 Å². The van der Waals surface area contributed by atoms with Crippen LogP contribution in [0, 0.1) is 13.8 Å². The zero-order valence-corrected chi connectivity index (χ0v) is 15.6. The predicted molar refractivity (Wildman–Crippen MR) is 104 cm³/mol. The number of hydrazone groups is 1. The summed E-state index contributed by atoms with van der Waals surface area (Å²) in [6.07, 6.45) is 1.47. The van der Waals surface area contributed by atoms with Gasteiger partial charge in [0.15, 0.2) is 11.5 Å². The minimum Gasteiger partial charge on any atom is -0.504 e. The van der Waals surface area contributed by atoms with Gasteiger partial charge in [-0.1, -0.05) is 17.7 Å². The molecule has 0 heterocycles. The van der Waals surface area contributed by atoms with Crippen molar-refractivity contribution in [1.82, 2.24) is 5.43 Å². The van der Waals surface area contributed by atoms with Crippen molar-refractivity contribution in [2.45, 2.75) is 26.7 Å². The van der Waals surface area contributed by atoms with E-state index in [1.807, 2.05) is 32.0 Å². The van der Waals surface area contributed by atoms with E-state index in [2.05, 4.69) is 15.8 Å². The highest BCUT2D eigenvalue weighted by molar-refractivity contribution is 5.94. The van der Waals surface area contributed by atoms with Crippen LogP contribution in [-0.4, -0.2) is 30.2 Å². The summed E-state index contributed by atoms with van der Waals surface area (Å²) in [7, 11) is 1.46. The Morgan fingerprint density at radius 2 is 1.85 bits per heavy atom. The van der Waals surface area contributed by atoms with E-state index in [0.717, 1.165) is 16.8 Å². The number of anilines is 1. The lowest BCUT2D eigenvalue weighted by molar-refractivity contribution is -0.124. The lowest BCUT2D eigenvalue weighted by Crippen LogP contribution is -2.20. The Morgan fingerprint density at radius 3 is 2.52 bits per heavy atom. The first-order chi connectivity index (χ1) is 12.9. The number of amides is 2. The molecule has 2 aromatic carbocycles. The highest BCUT2D eigenvalue weighted by atomic mass is 16.5. The highest BCUT2D eigenvalue weighted by Crippen LogP contribution is 2.25. The van der Waals surface area contributed by atoms with Crippen LogP contribution in [0.5, 0.6) is 11.5 Å². The topological polar surface area (TPSA) is 100 Å². The third kappa shape index (κ3) is 6.14. The molecule has 0 bridgehead atoms. The summed E-state index contributed by atoms with van der Waals surface area (Å²) in [6.45, 7) is 3.90. The molecule has 0 spiro atoms. The molecule has 2 amide bonds. The van der Waals surface area contributed by atoms with Gasteiger partial charge in [-0.15, -0.1) is 0 Å². The third-order valence-electron chi connectivity index (χ3n) is 3.84. The first kappa shape index (κ1) is 20.0. The number of rotatable bonds is 7. The Bertz CT molecular complexity index is 862. The number of aryl methyl sites for hydroxylation is 2. The fourth-order valence-electron chi connectivity index (χ4n) is 2.42. The van der Waals surface area contributed by atoms with Gasteiger partial charge in [-0.05, 0) is 49.2 Å². The van der Waals surface area contributed by atoms with Crippen LogP contribution in [0.15, 0.2) is 41.5 Å². The van der Waals surface area contributed by atoms with Crippen molar-refractivity contribution in [2.75, 3.05) is 12.4 Å². The van der Waals surface area contributed by atoms with Gasteiger partial charge < -0.3 is 15.2 Å². The van der Waals surface area contributed by atoms with Crippen LogP contribution < -0.4 is 15.5 Å². The van der Waals surface area contributed by atoms with Crippen LogP contribution >= 0.6 is 0 Å². The fourth-order valence-corrected chi connectivity index (χ4v) is 2.42. The molecule has 142 valence electrons. The smallest absolute Gasteiger partial charge is 0.240 e. The van der Waals surface area contributed by atoms with Crippen LogP contribution in [0.4, 0.5) is 5.69 Å². The zero-order valence-electron chi connectivity index (χ0n) is 15.6. The van der Waals surface area contributed by atoms with E-state index in [0.29, 0.717) is 11.3 Å². The number of carbonyl (C=O) groups is 2. The summed E-state index contributed by atoms with van der Waals surface area (Å²) in [5.41, 5.74) is 5.78. The van der Waals surface area contributed by atoms with E-state index in [1.165, 1.54) is 19.4 Å². The molecule has 0 aromatic heterocycles. The SMILES string of the molecule is COc1ccc(/C=N\NC(=O)CCC(=O)Nc2ccc(C)cc2C)cc1O. The Morgan fingerprint density at radius 1 is 1.11 bits per heavy atom. The number of aromatic hydroxyl groups is 1. The van der Waals surface area contributed by atoms with Crippen molar-refractivity contribution >= 4 is 23.7 Å². The maximum atomic E-state index is 12.0. The van der Waals surface area contributed by atoms with Gasteiger partial charge >= 0.3 is 0 Å². The lowest BCUT2D eigenvalue weighted by atomic mass is 10.1. The number of phenolic OH excluding ortho intramolecular Hbond substituents is 1. The largest absolute Gasteiger partial charge is 0.504 e. The predicted octanol–water partition coefficient (Wildman–Crippen LogP) is 2.89. The van der Waals surface area contributed by atoms with E-state index in [-0.39, 0.29) is 30.4 Å². The molecule has 0 aliphatic rings. The standard InChI is InChI=1S/C20H23N3O4/c1-13-4-6-16(14(2)10-13)22-19(25)8-9-20(26)23-21-12-15-5-7-18(27-3)17(24)11-15/h4-7,10-12,24H,8-9H2,1-3H3,(H,22,25)(H,23,26)/b21-12-. The van der Waals surface area contributed by atoms with Crippen LogP contribution in [0.3, 0.4) is 0 Å². The van der Waals surface area contributed by atoms with Crippen molar-refractivity contribution < 1.29 is 19.4 Å². The summed E-state index contributed by atoms with van der Waals surface area (Å²) < 4.78 is 4.95. The molecule has 0 saturated carbocycles. The van der Waals surface area contributed by atoms with Crippen LogP contribution in [0.2, 0.25) is 0 Å². The van der Waals surface area contributed by atoms with Gasteiger partial charge in [0.05, 0.1) is 13.3 Å². The number of hydrogen-bond donors (Lipinski definition) is 3. The van der Waals surface area contributed by atoms with E-state index in [1.54, 1.807) is 12.1 Å². The van der Waals surface area contributed by atoms with Crippen LogP contribution in [-0.2, 0) is 9.59 Å². The summed E-state index contributed by atoms with van der Waals surface area (Å²) in [5.74, 6) is -0.275. The second kappa shape index (κ2) is 9.38. The number of nitrogens with zero attached hydrogens (tertiary/aromatic N) is 1. The Kier molecular flexibility index (Phi) is 6.93. The number of phenols is 1. The number of hydrogen-bond acceptors (Lipinski definition) is 5. The van der Waals surface area contributed by atoms with Gasteiger partial charge in [-0.25, -0.2) is 5.43 Å². The molecular formula is C20H23N3O4. The zero-order chi connectivity index (χ0) is 19.8. The third-order valence-corrected chi connectivity index (χ3v) is 3.84. The van der Waals surface area contributed by atoms with Gasteiger partial charge in [0.2, 0.25) is 11.8 Å². The summed E-state index contributed by atoms with van der Waals surface area (Å²) >= 11 is 0. The Labute approximate surface area is 158 Å². The first-order valence-corrected chi connectivity index (χ1v) is 8.45. The van der Waals surface area contributed by atoms with Crippen LogP contribution in [0.25, 0.3) is 0 Å². The number of carbonyl (C=O) groups excluding carboxylic acids is 2. The minimum absolute atomic E-state index is 0.0158. The maximum Gasteiger partial charge on any atom is 0.240 e. The van der Waals surface area contributed by atoms with Crippen molar-refractivity contribution in [1.29, 1.82) is 0 Å². The van der Waals surface area contributed by atoms with Crippen LogP contribution in [0.1, 0.15) is 29.5 Å². The molecule has 0 saturated heterocycles. The van der Waals surface area contributed by atoms with Crippen molar-refractivity contribution in [3.8, 4) is 11.5 Å². The molecule has 3 N–H and O–H groups in total. The maximum absolute atomic E-state index is 12.0. The van der Waals surface area contributed by atoms with Gasteiger partial charge in [0, 0.05) is 18.5 Å². The molecule has 0 unspecified atom stereocenters. The van der Waals surface area contributed by atoms with E-state index in [4.69, 9.17) is 4.74 Å². The number of ether oxygens (including phenoxy) is 1. The average Bonchev–Trinajstić information content (AvgIpc) is 2.62. The van der Waals surface area contributed by atoms with Crippen molar-refractivity contribution in [3.05, 3.63) is 53.1 Å². The highest BCUT2D eigenvalue weighted by Gasteiger charge is 2.08. The summed E-state index contributed by atoms with van der Waals surface area (Å²) in [4.78, 5) is 23.8. The molecule has 7 nitrogen and oxygen atoms in total. The molecule has 2 aromatic rings. The first-order valence-electron chi connectivity index (χ1n) is 8.45. The Hall–Kier alpha value is -3.35. The minimum atomic E-state index is -0.375. The molecule has 0 aliphatic carbocycles. The molecule has 0 fully saturated rings. The molecule has 27 heavy (non-hydrogen) atoms. The monoisotopic (exact) mass is 369 g/mol. The van der Waals surface area contributed by atoms with Gasteiger partial charge in [-0.3, -0.25) is 9.59 Å². The van der Waals surface area contributed by atoms with Crippen molar-refractivity contribution in [2.24, 2.45) is 5.10 Å². The Balaban J connectivity index is 1.78. The quantitative estimate of drug-likeness (QED) is 0.516. The van der Waals surface area contributed by atoms with Crippen molar-refractivity contribution in [3.63, 3.8) is 0 Å². The second-order valence-electron chi connectivity index (χ2n) is 6.09. The summed E-state index contributed by atoms with van der Waals surface area (Å²) in [5, 5.41) is 16.3. The molecule has 0 aliphatic heterocycles. The summed E-state index contributed by atoms with van der Waals surface area (Å²) in [6, 6.07) is 10.5. The van der Waals surface area contributed by atoms with Gasteiger partial charge in [-0.2, -0.15) is 5.10 Å². The lowest BCUT2D eigenvalue weighted by Gasteiger charge is -2.08. The molecule has 7 heteroatoms. The van der Waals surface area contributed by atoms with Gasteiger partial charge in [0.25, 0.3) is 0 Å².